The summed E-state index contributed by atoms with van der Waals surface area (Å²) in [6, 6.07) is 3.32. The molecule has 2 atom stereocenters. The van der Waals surface area contributed by atoms with Crippen molar-refractivity contribution in [1.29, 1.82) is 0 Å². The molecule has 134 valence electrons. The van der Waals surface area contributed by atoms with Crippen LogP contribution in [0.3, 0.4) is 0 Å². The monoisotopic (exact) mass is 372 g/mol. The van der Waals surface area contributed by atoms with Crippen LogP contribution in [0.25, 0.3) is 0 Å². The van der Waals surface area contributed by atoms with E-state index in [1.54, 1.807) is 7.05 Å². The molecule has 2 amide bonds. The van der Waals surface area contributed by atoms with Crippen molar-refractivity contribution in [1.82, 2.24) is 14.7 Å². The van der Waals surface area contributed by atoms with Gasteiger partial charge in [-0.15, -0.1) is 11.3 Å². The molecule has 1 aliphatic rings. The highest BCUT2D eigenvalue weighted by Crippen LogP contribution is 2.39. The van der Waals surface area contributed by atoms with E-state index in [9.17, 15) is 22.8 Å². The molecule has 6 nitrogen and oxygen atoms in total. The number of carbonyl (C=O) groups is 2. The molecule has 1 N–H and O–H groups in total. The Morgan fingerprint density at radius 1 is 1.48 bits per heavy atom. The van der Waals surface area contributed by atoms with Crippen molar-refractivity contribution in [3.63, 3.8) is 0 Å². The van der Waals surface area contributed by atoms with Gasteiger partial charge in [-0.2, -0.15) is 18.3 Å². The fourth-order valence-electron chi connectivity index (χ4n) is 2.89. The number of rotatable bonds is 4. The van der Waals surface area contributed by atoms with Gasteiger partial charge >= 0.3 is 6.18 Å². The zero-order valence-electron chi connectivity index (χ0n) is 13.2. The summed E-state index contributed by atoms with van der Waals surface area (Å²) in [5, 5.41) is 8.01. The van der Waals surface area contributed by atoms with Gasteiger partial charge in [-0.1, -0.05) is 6.07 Å². The van der Waals surface area contributed by atoms with E-state index >= 15 is 0 Å². The lowest BCUT2D eigenvalue weighted by Gasteiger charge is -2.23. The zero-order chi connectivity index (χ0) is 18.2. The van der Waals surface area contributed by atoms with Crippen LogP contribution in [0.2, 0.25) is 0 Å². The Hall–Kier alpha value is -2.36. The Morgan fingerprint density at radius 3 is 2.88 bits per heavy atom. The summed E-state index contributed by atoms with van der Waals surface area (Å²) in [7, 11) is 1.64. The van der Waals surface area contributed by atoms with E-state index in [1.807, 2.05) is 17.5 Å². The molecule has 1 fully saturated rings. The van der Waals surface area contributed by atoms with Crippen LogP contribution in [-0.4, -0.2) is 39.7 Å². The van der Waals surface area contributed by atoms with E-state index in [4.69, 9.17) is 0 Å². The number of nitrogens with one attached hydrogen (secondary N) is 1. The third kappa shape index (κ3) is 3.84. The summed E-state index contributed by atoms with van der Waals surface area (Å²) >= 11 is 1.45. The molecule has 10 heteroatoms. The van der Waals surface area contributed by atoms with Gasteiger partial charge in [0.2, 0.25) is 11.8 Å². The molecule has 3 rings (SSSR count). The minimum absolute atomic E-state index is 0.0571. The van der Waals surface area contributed by atoms with Gasteiger partial charge in [0, 0.05) is 24.5 Å². The van der Waals surface area contributed by atoms with Gasteiger partial charge in [-0.25, -0.2) is 0 Å². The third-order valence-electron chi connectivity index (χ3n) is 4.00. The number of nitrogens with zero attached hydrogens (tertiary/aromatic N) is 3. The Bertz CT molecular complexity index is 772. The summed E-state index contributed by atoms with van der Waals surface area (Å²) in [6.45, 7) is -1.23. The normalized spacial score (nSPS) is 21.0. The first kappa shape index (κ1) is 17.5. The smallest absolute Gasteiger partial charge is 0.337 e. The Kier molecular flexibility index (Phi) is 4.55. The summed E-state index contributed by atoms with van der Waals surface area (Å²) in [5.41, 5.74) is 0.168. The van der Waals surface area contributed by atoms with Crippen molar-refractivity contribution in [2.24, 2.45) is 5.92 Å². The molecular formula is C15H15F3N4O2S. The summed E-state index contributed by atoms with van der Waals surface area (Å²) < 4.78 is 37.8. The fraction of sp³-hybridized carbons (Fsp3) is 0.400. The molecule has 3 heterocycles. The maximum atomic E-state index is 12.6. The van der Waals surface area contributed by atoms with Gasteiger partial charge in [0.1, 0.15) is 6.54 Å². The van der Waals surface area contributed by atoms with Gasteiger partial charge in [-0.05, 0) is 11.4 Å². The molecule has 1 saturated heterocycles. The number of thiophene rings is 1. The molecule has 1 aliphatic heterocycles. The van der Waals surface area contributed by atoms with Gasteiger partial charge in [0.15, 0.2) is 0 Å². The Labute approximate surface area is 145 Å². The first-order valence-corrected chi connectivity index (χ1v) is 8.32. The zero-order valence-corrected chi connectivity index (χ0v) is 14.0. The van der Waals surface area contributed by atoms with Gasteiger partial charge in [-0.3, -0.25) is 14.3 Å². The van der Waals surface area contributed by atoms with E-state index in [1.165, 1.54) is 16.2 Å². The first-order chi connectivity index (χ1) is 11.7. The minimum Gasteiger partial charge on any atom is -0.337 e. The molecule has 2 aromatic heterocycles. The van der Waals surface area contributed by atoms with Crippen LogP contribution in [0.5, 0.6) is 0 Å². The highest BCUT2D eigenvalue weighted by atomic mass is 32.1. The summed E-state index contributed by atoms with van der Waals surface area (Å²) in [5.74, 6) is -1.17. The number of halogens is 3. The number of hydrogen-bond donors (Lipinski definition) is 1. The van der Waals surface area contributed by atoms with Crippen molar-refractivity contribution < 1.29 is 22.8 Å². The molecule has 2 unspecified atom stereocenters. The second-order valence-electron chi connectivity index (χ2n) is 5.81. The largest absolute Gasteiger partial charge is 0.408 e. The van der Waals surface area contributed by atoms with Crippen LogP contribution in [0.4, 0.5) is 18.9 Å². The van der Waals surface area contributed by atoms with Crippen LogP contribution in [0.1, 0.15) is 17.3 Å². The third-order valence-corrected chi connectivity index (χ3v) is 4.94. The van der Waals surface area contributed by atoms with Crippen molar-refractivity contribution in [3.8, 4) is 0 Å². The molecule has 0 aromatic carbocycles. The second kappa shape index (κ2) is 6.51. The lowest BCUT2D eigenvalue weighted by molar-refractivity contribution is -0.142. The van der Waals surface area contributed by atoms with Gasteiger partial charge < -0.3 is 10.2 Å². The number of carbonyl (C=O) groups excluding carboxylic acids is 2. The van der Waals surface area contributed by atoms with Crippen molar-refractivity contribution in [2.45, 2.75) is 25.2 Å². The molecule has 0 saturated carbocycles. The first-order valence-electron chi connectivity index (χ1n) is 7.44. The second-order valence-corrected chi connectivity index (χ2v) is 6.79. The van der Waals surface area contributed by atoms with Crippen molar-refractivity contribution >= 4 is 28.8 Å². The van der Waals surface area contributed by atoms with E-state index in [2.05, 4.69) is 10.4 Å². The average Bonchev–Trinajstić information content (AvgIpc) is 3.21. The predicted molar refractivity (Wildman–Crippen MR) is 84.8 cm³/mol. The van der Waals surface area contributed by atoms with Gasteiger partial charge in [0.25, 0.3) is 0 Å². The number of hydrogen-bond acceptors (Lipinski definition) is 4. The standard InChI is InChI=1S/C15H15F3N4O2S/c1-21-12(23)5-10(13(21)11-3-2-4-25-11)14(24)20-9-6-19-22(7-9)8-15(16,17)18/h2-4,6-7,10,13H,5,8H2,1H3,(H,20,24). The van der Waals surface area contributed by atoms with E-state index in [-0.39, 0.29) is 24.1 Å². The van der Waals surface area contributed by atoms with Crippen LogP contribution < -0.4 is 5.32 Å². The topological polar surface area (TPSA) is 67.2 Å². The maximum absolute atomic E-state index is 12.6. The number of alkyl halides is 3. The van der Waals surface area contributed by atoms with Crippen LogP contribution in [-0.2, 0) is 16.1 Å². The lowest BCUT2D eigenvalue weighted by Crippen LogP contribution is -2.29. The molecule has 0 bridgehead atoms. The van der Waals surface area contributed by atoms with Crippen LogP contribution in [0, 0.1) is 5.92 Å². The number of anilines is 1. The summed E-state index contributed by atoms with van der Waals surface area (Å²) in [4.78, 5) is 27.0. The van der Waals surface area contributed by atoms with E-state index in [0.717, 1.165) is 17.3 Å². The van der Waals surface area contributed by atoms with E-state index in [0.29, 0.717) is 4.68 Å². The maximum Gasteiger partial charge on any atom is 0.408 e. The summed E-state index contributed by atoms with van der Waals surface area (Å²) in [6.07, 6.45) is -2.06. The quantitative estimate of drug-likeness (QED) is 0.897. The number of likely N-dealkylation sites (tertiary alicyclic amines) is 1. The average molecular weight is 372 g/mol. The predicted octanol–water partition coefficient (Wildman–Crippen LogP) is 2.67. The van der Waals surface area contributed by atoms with Gasteiger partial charge in [0.05, 0.1) is 23.8 Å². The molecular weight excluding hydrogens is 357 g/mol. The minimum atomic E-state index is -4.39. The lowest BCUT2D eigenvalue weighted by atomic mass is 9.98. The highest BCUT2D eigenvalue weighted by Gasteiger charge is 2.43. The molecule has 0 radical (unpaired) electrons. The number of amides is 2. The van der Waals surface area contributed by atoms with Crippen molar-refractivity contribution in [3.05, 3.63) is 34.8 Å². The molecule has 0 aliphatic carbocycles. The fourth-order valence-corrected chi connectivity index (χ4v) is 3.82. The van der Waals surface area contributed by atoms with Crippen molar-refractivity contribution in [2.75, 3.05) is 12.4 Å². The Balaban J connectivity index is 1.73. The molecule has 25 heavy (non-hydrogen) atoms. The molecule has 0 spiro atoms. The van der Waals surface area contributed by atoms with Crippen LogP contribution in [0.15, 0.2) is 29.9 Å². The van der Waals surface area contributed by atoms with Crippen LogP contribution >= 0.6 is 11.3 Å². The van der Waals surface area contributed by atoms with E-state index < -0.39 is 24.5 Å². The SMILES string of the molecule is CN1C(=O)CC(C(=O)Nc2cnn(CC(F)(F)F)c2)C1c1cccs1. The molecule has 2 aromatic rings. The Morgan fingerprint density at radius 2 is 2.24 bits per heavy atom. The number of aromatic nitrogens is 2. The highest BCUT2D eigenvalue weighted by molar-refractivity contribution is 7.10.